The second-order valence-corrected chi connectivity index (χ2v) is 6.83. The summed E-state index contributed by atoms with van der Waals surface area (Å²) in [7, 11) is -0.948. The number of carbonyl (C=O) groups excluding carboxylic acids is 1. The Labute approximate surface area is 127 Å². The Balaban J connectivity index is 2.20. The maximum absolute atomic E-state index is 13.1. The third-order valence-electron chi connectivity index (χ3n) is 3.63. The Morgan fingerprint density at radius 1 is 1.33 bits per heavy atom. The highest BCUT2D eigenvalue weighted by Gasteiger charge is 2.38. The number of amides is 1. The van der Waals surface area contributed by atoms with E-state index in [-0.39, 0.29) is 23.9 Å². The van der Waals surface area contributed by atoms with E-state index in [0.29, 0.717) is 12.3 Å². The van der Waals surface area contributed by atoms with Crippen molar-refractivity contribution >= 4 is 16.7 Å². The van der Waals surface area contributed by atoms with Crippen LogP contribution in [0.1, 0.15) is 31.5 Å². The van der Waals surface area contributed by atoms with Crippen molar-refractivity contribution in [2.45, 2.75) is 32.0 Å². The fraction of sp³-hybridized carbons (Fsp3) is 0.533. The smallest absolute Gasteiger partial charge is 0.241 e. The van der Waals surface area contributed by atoms with Crippen molar-refractivity contribution in [1.82, 2.24) is 10.2 Å². The van der Waals surface area contributed by atoms with E-state index in [9.17, 15) is 13.4 Å². The van der Waals surface area contributed by atoms with Gasteiger partial charge in [0.15, 0.2) is 0 Å². The first-order chi connectivity index (χ1) is 10.0. The molecule has 1 fully saturated rings. The van der Waals surface area contributed by atoms with Gasteiger partial charge in [0.05, 0.1) is 6.04 Å². The van der Waals surface area contributed by atoms with Gasteiger partial charge >= 0.3 is 0 Å². The number of nitrogens with zero attached hydrogens (tertiary/aromatic N) is 1. The molecule has 1 N–H and O–H groups in total. The minimum Gasteiger partial charge on any atom is -0.321 e. The van der Waals surface area contributed by atoms with Crippen molar-refractivity contribution in [1.29, 1.82) is 0 Å². The molecule has 1 amide bonds. The monoisotopic (exact) mass is 312 g/mol. The summed E-state index contributed by atoms with van der Waals surface area (Å²) in [6.07, 6.45) is 3.04. The largest absolute Gasteiger partial charge is 0.321 e. The molecular formula is C15H21FN2O2S. The summed E-state index contributed by atoms with van der Waals surface area (Å²) in [4.78, 5) is 14.2. The van der Waals surface area contributed by atoms with E-state index >= 15 is 0 Å². The second kappa shape index (κ2) is 7.13. The molecule has 0 aliphatic carbocycles. The lowest BCUT2D eigenvalue weighted by Gasteiger charge is -2.24. The van der Waals surface area contributed by atoms with Crippen molar-refractivity contribution < 1.29 is 13.4 Å². The molecule has 0 radical (unpaired) electrons. The topological polar surface area (TPSA) is 49.4 Å². The van der Waals surface area contributed by atoms with Crippen LogP contribution < -0.4 is 5.32 Å². The van der Waals surface area contributed by atoms with Crippen LogP contribution in [0.4, 0.5) is 4.39 Å². The van der Waals surface area contributed by atoms with Gasteiger partial charge in [0.2, 0.25) is 5.91 Å². The maximum Gasteiger partial charge on any atom is 0.241 e. The van der Waals surface area contributed by atoms with Crippen LogP contribution in [-0.2, 0) is 15.6 Å². The Bertz CT molecular complexity index is 521. The van der Waals surface area contributed by atoms with Crippen LogP contribution in [0, 0.1) is 5.82 Å². The number of nitrogens with one attached hydrogen (secondary N) is 1. The minimum absolute atomic E-state index is 0.0385. The van der Waals surface area contributed by atoms with Crippen LogP contribution >= 0.6 is 0 Å². The quantitative estimate of drug-likeness (QED) is 0.871. The normalized spacial score (nSPS) is 23.6. The van der Waals surface area contributed by atoms with Crippen LogP contribution in [0.2, 0.25) is 0 Å². The average Bonchev–Trinajstić information content (AvgIpc) is 2.75. The predicted octanol–water partition coefficient (Wildman–Crippen LogP) is 1.80. The fourth-order valence-electron chi connectivity index (χ4n) is 2.56. The molecule has 21 heavy (non-hydrogen) atoms. The van der Waals surface area contributed by atoms with E-state index in [2.05, 4.69) is 5.32 Å². The highest BCUT2D eigenvalue weighted by atomic mass is 32.2. The molecule has 0 aromatic heterocycles. The molecule has 1 saturated heterocycles. The van der Waals surface area contributed by atoms with Crippen LogP contribution in [0.15, 0.2) is 24.3 Å². The third kappa shape index (κ3) is 3.89. The van der Waals surface area contributed by atoms with Gasteiger partial charge in [0.25, 0.3) is 0 Å². The van der Waals surface area contributed by atoms with Crippen LogP contribution in [0.5, 0.6) is 0 Å². The van der Waals surface area contributed by atoms with Gasteiger partial charge < -0.3 is 4.90 Å². The highest BCUT2D eigenvalue weighted by molar-refractivity contribution is 7.84. The van der Waals surface area contributed by atoms with Gasteiger partial charge in [0, 0.05) is 29.4 Å². The van der Waals surface area contributed by atoms with Crippen LogP contribution in [-0.4, -0.2) is 39.6 Å². The highest BCUT2D eigenvalue weighted by Crippen LogP contribution is 2.27. The van der Waals surface area contributed by atoms with Gasteiger partial charge in [-0.15, -0.1) is 0 Å². The van der Waals surface area contributed by atoms with Crippen molar-refractivity contribution in [3.05, 3.63) is 35.6 Å². The number of hydrogen-bond donors (Lipinski definition) is 1. The molecular weight excluding hydrogens is 291 g/mol. The molecule has 1 aliphatic heterocycles. The predicted molar refractivity (Wildman–Crippen MR) is 81.6 cm³/mol. The van der Waals surface area contributed by atoms with Crippen molar-refractivity contribution in [3.63, 3.8) is 0 Å². The second-order valence-electron chi connectivity index (χ2n) is 5.27. The van der Waals surface area contributed by atoms with E-state index in [0.717, 1.165) is 18.4 Å². The minimum atomic E-state index is -0.948. The van der Waals surface area contributed by atoms with Crippen molar-refractivity contribution in [2.75, 3.05) is 18.6 Å². The Hall–Kier alpha value is -1.27. The number of benzene rings is 1. The van der Waals surface area contributed by atoms with Gasteiger partial charge in [0.1, 0.15) is 12.0 Å². The zero-order chi connectivity index (χ0) is 15.4. The standard InChI is InChI=1S/C15H21FN2O2S/c1-3-4-13-15(19)18(9-10-21(2)20)14(17-13)11-5-7-12(16)8-6-11/h5-8,13-14,17H,3-4,9-10H2,1-2H3. The Morgan fingerprint density at radius 3 is 2.57 bits per heavy atom. The fourth-order valence-corrected chi connectivity index (χ4v) is 3.02. The molecule has 2 rings (SSSR count). The lowest BCUT2D eigenvalue weighted by molar-refractivity contribution is -0.130. The van der Waals surface area contributed by atoms with E-state index in [4.69, 9.17) is 0 Å². The van der Waals surface area contributed by atoms with Gasteiger partial charge in [-0.25, -0.2) is 4.39 Å². The molecule has 1 aliphatic rings. The molecule has 0 spiro atoms. The molecule has 116 valence electrons. The Morgan fingerprint density at radius 2 is 2.00 bits per heavy atom. The molecule has 3 atom stereocenters. The summed E-state index contributed by atoms with van der Waals surface area (Å²) >= 11 is 0. The number of carbonyl (C=O) groups is 1. The molecule has 3 unspecified atom stereocenters. The average molecular weight is 312 g/mol. The van der Waals surface area contributed by atoms with E-state index in [1.165, 1.54) is 12.1 Å². The summed E-state index contributed by atoms with van der Waals surface area (Å²) < 4.78 is 24.4. The number of hydrogen-bond acceptors (Lipinski definition) is 3. The van der Waals surface area contributed by atoms with Crippen LogP contribution in [0.25, 0.3) is 0 Å². The first kappa shape index (κ1) is 16.1. The number of rotatable bonds is 6. The lowest BCUT2D eigenvalue weighted by atomic mass is 10.1. The number of halogens is 1. The Kier molecular flexibility index (Phi) is 5.47. The molecule has 4 nitrogen and oxygen atoms in total. The van der Waals surface area contributed by atoms with Gasteiger partial charge in [-0.2, -0.15) is 0 Å². The first-order valence-electron chi connectivity index (χ1n) is 7.15. The lowest BCUT2D eigenvalue weighted by Crippen LogP contribution is -2.34. The zero-order valence-corrected chi connectivity index (χ0v) is 13.2. The van der Waals surface area contributed by atoms with E-state index in [1.807, 2.05) is 6.92 Å². The van der Waals surface area contributed by atoms with Crippen LogP contribution in [0.3, 0.4) is 0 Å². The molecule has 6 heteroatoms. The van der Waals surface area contributed by atoms with Gasteiger partial charge in [-0.1, -0.05) is 25.5 Å². The molecule has 0 saturated carbocycles. The molecule has 1 aromatic carbocycles. The maximum atomic E-state index is 13.1. The summed E-state index contributed by atoms with van der Waals surface area (Å²) in [5.74, 6) is 0.190. The van der Waals surface area contributed by atoms with Crippen molar-refractivity contribution in [3.8, 4) is 0 Å². The van der Waals surface area contributed by atoms with Gasteiger partial charge in [-0.05, 0) is 24.1 Å². The summed E-state index contributed by atoms with van der Waals surface area (Å²) in [5, 5.41) is 3.31. The van der Waals surface area contributed by atoms with E-state index in [1.54, 1.807) is 23.3 Å². The molecule has 0 bridgehead atoms. The summed E-state index contributed by atoms with van der Waals surface area (Å²) in [6.45, 7) is 2.48. The van der Waals surface area contributed by atoms with E-state index < -0.39 is 10.8 Å². The van der Waals surface area contributed by atoms with Crippen molar-refractivity contribution in [2.24, 2.45) is 0 Å². The summed E-state index contributed by atoms with van der Waals surface area (Å²) in [6, 6.07) is 5.94. The molecule has 1 heterocycles. The molecule has 1 aromatic rings. The SMILES string of the molecule is CCCC1NC(c2ccc(F)cc2)N(CCS(C)=O)C1=O. The third-order valence-corrected chi connectivity index (χ3v) is 4.39. The summed E-state index contributed by atoms with van der Waals surface area (Å²) in [5.41, 5.74) is 0.852. The first-order valence-corrected chi connectivity index (χ1v) is 8.87. The van der Waals surface area contributed by atoms with Gasteiger partial charge in [-0.3, -0.25) is 14.3 Å². The zero-order valence-electron chi connectivity index (χ0n) is 12.3.